The number of para-hydroxylation sites is 1. The Morgan fingerprint density at radius 3 is 2.79 bits per heavy atom. The van der Waals surface area contributed by atoms with E-state index in [0.29, 0.717) is 16.1 Å². The first-order valence-electron chi connectivity index (χ1n) is 8.30. The number of carbonyl (C=O) groups is 2. The molecule has 0 aliphatic heterocycles. The molecule has 4 rings (SSSR count). The Morgan fingerprint density at radius 2 is 2.00 bits per heavy atom. The molecule has 140 valence electrons. The number of amides is 2. The molecule has 0 aliphatic carbocycles. The van der Waals surface area contributed by atoms with Gasteiger partial charge in [0, 0.05) is 23.3 Å². The van der Waals surface area contributed by atoms with Crippen LogP contribution in [0.3, 0.4) is 0 Å². The van der Waals surface area contributed by atoms with Crippen LogP contribution in [0.15, 0.2) is 60.9 Å². The zero-order valence-electron chi connectivity index (χ0n) is 14.4. The van der Waals surface area contributed by atoms with Crippen molar-refractivity contribution in [3.8, 4) is 10.6 Å². The molecule has 0 spiro atoms. The van der Waals surface area contributed by atoms with Crippen LogP contribution in [0.25, 0.3) is 21.5 Å². The molecule has 8 nitrogen and oxygen atoms in total. The lowest BCUT2D eigenvalue weighted by Crippen LogP contribution is -2.28. The second-order valence-corrected chi connectivity index (χ2v) is 7.14. The number of hydrogen-bond donors (Lipinski definition) is 3. The Labute approximate surface area is 163 Å². The Balaban J connectivity index is 1.70. The van der Waals surface area contributed by atoms with Gasteiger partial charge < -0.3 is 5.73 Å². The summed E-state index contributed by atoms with van der Waals surface area (Å²) in [6, 6.07) is 13.7. The maximum atomic E-state index is 12.2. The van der Waals surface area contributed by atoms with Crippen molar-refractivity contribution in [2.45, 2.75) is 6.04 Å². The van der Waals surface area contributed by atoms with Crippen molar-refractivity contribution in [2.24, 2.45) is 5.73 Å². The van der Waals surface area contributed by atoms with Crippen LogP contribution < -0.4 is 11.2 Å². The number of rotatable bonds is 5. The van der Waals surface area contributed by atoms with Gasteiger partial charge in [-0.05, 0) is 30.3 Å². The number of nitrogens with zero attached hydrogens (tertiary/aromatic N) is 3. The second-order valence-electron chi connectivity index (χ2n) is 6.05. The molecule has 28 heavy (non-hydrogen) atoms. The summed E-state index contributed by atoms with van der Waals surface area (Å²) < 4.78 is 1.48. The fourth-order valence-corrected chi connectivity index (χ4v) is 3.81. The van der Waals surface area contributed by atoms with Crippen LogP contribution in [0, 0.1) is 0 Å². The second kappa shape index (κ2) is 7.22. The number of primary amides is 1. The minimum Gasteiger partial charge on any atom is -0.368 e. The number of fused-ring (bicyclic) bond motifs is 1. The highest BCUT2D eigenvalue weighted by atomic mass is 32.1. The minimum atomic E-state index is -0.814. The summed E-state index contributed by atoms with van der Waals surface area (Å²) in [6.07, 6.45) is 3.28. The lowest BCUT2D eigenvalue weighted by Gasteiger charge is -2.14. The molecule has 1 unspecified atom stereocenters. The summed E-state index contributed by atoms with van der Waals surface area (Å²) in [4.78, 5) is 29.1. The van der Waals surface area contributed by atoms with E-state index < -0.39 is 17.9 Å². The van der Waals surface area contributed by atoms with Crippen molar-refractivity contribution in [2.75, 3.05) is 0 Å². The number of carbonyl (C=O) groups excluding carboxylic acids is 2. The molecule has 0 bridgehead atoms. The zero-order chi connectivity index (χ0) is 19.7. The van der Waals surface area contributed by atoms with Gasteiger partial charge in [-0.25, -0.2) is 5.48 Å². The maximum Gasteiger partial charge on any atom is 0.284 e. The highest BCUT2D eigenvalue weighted by Gasteiger charge is 2.22. The lowest BCUT2D eigenvalue weighted by molar-refractivity contribution is -0.120. The van der Waals surface area contributed by atoms with E-state index in [0.717, 1.165) is 15.8 Å². The maximum absolute atomic E-state index is 12.2. The van der Waals surface area contributed by atoms with Crippen LogP contribution in [-0.2, 0) is 4.79 Å². The molecular formula is C19H15N5O3S. The van der Waals surface area contributed by atoms with Gasteiger partial charge in [-0.15, -0.1) is 11.3 Å². The fraction of sp³-hybridized carbons (Fsp3) is 0.0526. The Bertz CT molecular complexity index is 1180. The van der Waals surface area contributed by atoms with E-state index in [-0.39, 0.29) is 0 Å². The highest BCUT2D eigenvalue weighted by Crippen LogP contribution is 2.28. The molecule has 3 heterocycles. The van der Waals surface area contributed by atoms with Crippen LogP contribution in [0.2, 0.25) is 0 Å². The van der Waals surface area contributed by atoms with E-state index in [1.807, 2.05) is 30.3 Å². The normalized spacial score (nSPS) is 12.0. The molecule has 0 aliphatic rings. The number of nitrogens with two attached hydrogens (primary N) is 1. The van der Waals surface area contributed by atoms with Crippen LogP contribution in [0.1, 0.15) is 21.3 Å². The first kappa shape index (κ1) is 17.8. The molecule has 1 aromatic carbocycles. The first-order valence-corrected chi connectivity index (χ1v) is 9.12. The summed E-state index contributed by atoms with van der Waals surface area (Å²) in [7, 11) is 0. The monoisotopic (exact) mass is 393 g/mol. The Kier molecular flexibility index (Phi) is 4.60. The van der Waals surface area contributed by atoms with Crippen molar-refractivity contribution < 1.29 is 14.8 Å². The van der Waals surface area contributed by atoms with Gasteiger partial charge in [-0.3, -0.25) is 24.5 Å². The lowest BCUT2D eigenvalue weighted by atomic mass is 10.1. The van der Waals surface area contributed by atoms with Crippen molar-refractivity contribution in [3.63, 3.8) is 0 Å². The van der Waals surface area contributed by atoms with Crippen molar-refractivity contribution in [1.29, 1.82) is 0 Å². The molecule has 0 radical (unpaired) electrons. The molecule has 2 amide bonds. The fourth-order valence-electron chi connectivity index (χ4n) is 2.95. The molecule has 3 aromatic heterocycles. The van der Waals surface area contributed by atoms with E-state index in [9.17, 15) is 9.59 Å². The SMILES string of the molecule is NC(=O)C(c1cnc2ccccc2c1)n1ccc(-c2ccc(C(=O)NO)s2)n1. The van der Waals surface area contributed by atoms with E-state index in [1.54, 1.807) is 36.1 Å². The number of nitrogens with one attached hydrogen (secondary N) is 1. The number of thiophene rings is 1. The third-order valence-corrected chi connectivity index (χ3v) is 5.36. The van der Waals surface area contributed by atoms with Gasteiger partial charge in [0.1, 0.15) is 5.69 Å². The van der Waals surface area contributed by atoms with Crippen LogP contribution in [-0.4, -0.2) is 31.8 Å². The predicted octanol–water partition coefficient (Wildman–Crippen LogP) is 2.35. The molecule has 4 N–H and O–H groups in total. The summed E-state index contributed by atoms with van der Waals surface area (Å²) in [5, 5.41) is 14.1. The van der Waals surface area contributed by atoms with Gasteiger partial charge in [0.25, 0.3) is 5.91 Å². The number of pyridine rings is 1. The van der Waals surface area contributed by atoms with Crippen LogP contribution in [0.4, 0.5) is 0 Å². The largest absolute Gasteiger partial charge is 0.368 e. The van der Waals surface area contributed by atoms with E-state index in [4.69, 9.17) is 10.9 Å². The average Bonchev–Trinajstić information content (AvgIpc) is 3.37. The Morgan fingerprint density at radius 1 is 1.18 bits per heavy atom. The first-order chi connectivity index (χ1) is 13.6. The van der Waals surface area contributed by atoms with Crippen molar-refractivity contribution in [3.05, 3.63) is 71.4 Å². The minimum absolute atomic E-state index is 0.345. The molecule has 0 fully saturated rings. The number of hydrogen-bond acceptors (Lipinski definition) is 6. The average molecular weight is 393 g/mol. The topological polar surface area (TPSA) is 123 Å². The predicted molar refractivity (Wildman–Crippen MR) is 104 cm³/mol. The number of benzene rings is 1. The van der Waals surface area contributed by atoms with E-state index in [1.165, 1.54) is 16.0 Å². The summed E-state index contributed by atoms with van der Waals surface area (Å²) >= 11 is 1.17. The highest BCUT2D eigenvalue weighted by molar-refractivity contribution is 7.17. The summed E-state index contributed by atoms with van der Waals surface area (Å²) in [6.45, 7) is 0. The van der Waals surface area contributed by atoms with Gasteiger partial charge in [-0.1, -0.05) is 18.2 Å². The number of aromatic nitrogens is 3. The standard InChI is InChI=1S/C19H15N5O3S/c20-18(25)17(12-9-11-3-1-2-4-13(11)21-10-12)24-8-7-14(22-24)15-5-6-16(28-15)19(26)23-27/h1-10,17,27H,(H2,20,25)(H,23,26). The third-order valence-electron chi connectivity index (χ3n) is 4.25. The molecule has 9 heteroatoms. The van der Waals surface area contributed by atoms with Gasteiger partial charge in [0.2, 0.25) is 5.91 Å². The van der Waals surface area contributed by atoms with E-state index in [2.05, 4.69) is 10.1 Å². The molecule has 0 saturated carbocycles. The van der Waals surface area contributed by atoms with Gasteiger partial charge >= 0.3 is 0 Å². The molecule has 0 saturated heterocycles. The van der Waals surface area contributed by atoms with Crippen molar-refractivity contribution in [1.82, 2.24) is 20.2 Å². The Hall–Kier alpha value is -3.56. The quantitative estimate of drug-likeness (QED) is 0.355. The van der Waals surface area contributed by atoms with Crippen molar-refractivity contribution >= 4 is 34.1 Å². The van der Waals surface area contributed by atoms with E-state index >= 15 is 0 Å². The molecular weight excluding hydrogens is 378 g/mol. The number of hydroxylamine groups is 1. The summed E-state index contributed by atoms with van der Waals surface area (Å²) in [5.74, 6) is -1.15. The van der Waals surface area contributed by atoms with Crippen LogP contribution >= 0.6 is 11.3 Å². The van der Waals surface area contributed by atoms with Gasteiger partial charge in [0.15, 0.2) is 6.04 Å². The smallest absolute Gasteiger partial charge is 0.284 e. The summed E-state index contributed by atoms with van der Waals surface area (Å²) in [5.41, 5.74) is 9.29. The molecule has 1 atom stereocenters. The van der Waals surface area contributed by atoms with Crippen LogP contribution in [0.5, 0.6) is 0 Å². The molecule has 4 aromatic rings. The third kappa shape index (κ3) is 3.24. The zero-order valence-corrected chi connectivity index (χ0v) is 15.3. The van der Waals surface area contributed by atoms with Gasteiger partial charge in [0.05, 0.1) is 15.3 Å². The van der Waals surface area contributed by atoms with Gasteiger partial charge in [-0.2, -0.15) is 5.10 Å².